The third-order valence-electron chi connectivity index (χ3n) is 15.8. The average Bonchev–Trinajstić information content (AvgIpc) is 0.800. The Balaban J connectivity index is 0.000000176. The van der Waals surface area contributed by atoms with E-state index in [0.29, 0.717) is 50.8 Å². The molecule has 0 saturated carbocycles. The summed E-state index contributed by atoms with van der Waals surface area (Å²) in [6.07, 6.45) is 10.2. The number of aromatic hydroxyl groups is 2. The van der Waals surface area contributed by atoms with E-state index in [0.717, 1.165) is 53.1 Å². The molecule has 4 aliphatic rings. The predicted octanol–water partition coefficient (Wildman–Crippen LogP) is 13.6. The third kappa shape index (κ3) is 14.4. The fraction of sp³-hybridized carbons (Fsp3) is 0.188. The highest BCUT2D eigenvalue weighted by molar-refractivity contribution is 9.10. The van der Waals surface area contributed by atoms with Gasteiger partial charge in [-0.3, -0.25) is 44.7 Å². The summed E-state index contributed by atoms with van der Waals surface area (Å²) in [7, 11) is -6.49. The number of nitrogens with zero attached hydrogens (tertiary/aromatic N) is 3. The number of benzene rings is 6. The van der Waals surface area contributed by atoms with Crippen LogP contribution in [0.1, 0.15) is 74.9 Å². The monoisotopic (exact) mass is 1350 g/mol. The number of nitro benzene ring substituents is 3. The van der Waals surface area contributed by atoms with Gasteiger partial charge < -0.3 is 24.9 Å². The highest BCUT2D eigenvalue weighted by Crippen LogP contribution is 2.46. The van der Waals surface area contributed by atoms with Gasteiger partial charge in [0.25, 0.3) is 17.1 Å². The average molecular weight is 1360 g/mol. The van der Waals surface area contributed by atoms with Crippen LogP contribution < -0.4 is 10.4 Å². The summed E-state index contributed by atoms with van der Waals surface area (Å²) in [6, 6.07) is 30.7. The SMILES string of the molecule is CC(C)(C)[Si](C)(C)OCc1ccc(Br)c([N+](=O)[O-])c1.C[Si]1(C)C2=CC(=O)C=CC2=C(c2ccc(C=O)cc2[N+](=O)[O-])c2ccc(O)cc21.C[Si]1(C)C2=CC(=O)C=CC2=C(c2ccc(CO)cc2[N+](=O)[O-])c2ccc(O)cc21.O=C(O)c1ccc(Br)cc1. The largest absolute Gasteiger partial charge is 0.508 e. The fourth-order valence-electron chi connectivity index (χ4n) is 10.1. The Morgan fingerprint density at radius 2 is 1.05 bits per heavy atom. The Labute approximate surface area is 521 Å². The van der Waals surface area contributed by atoms with E-state index in [1.54, 1.807) is 121 Å². The van der Waals surface area contributed by atoms with Gasteiger partial charge in [0.1, 0.15) is 33.9 Å². The summed E-state index contributed by atoms with van der Waals surface area (Å²) in [5.74, 6) is -0.908. The molecule has 87 heavy (non-hydrogen) atoms. The number of hydrogen-bond donors (Lipinski definition) is 4. The van der Waals surface area contributed by atoms with E-state index in [-0.39, 0.29) is 62.3 Å². The van der Waals surface area contributed by atoms with Gasteiger partial charge in [-0.05, 0) is 179 Å². The number of halogens is 2. The summed E-state index contributed by atoms with van der Waals surface area (Å²) in [5, 5.41) is 76.3. The molecule has 10 rings (SSSR count). The number of fused-ring (bicyclic) bond motifs is 4. The van der Waals surface area contributed by atoms with Crippen molar-refractivity contribution in [1.82, 2.24) is 0 Å². The molecular formula is C64H61Br2N3O15Si3. The molecule has 0 saturated heterocycles. The minimum absolute atomic E-state index is 0.0799. The number of aromatic carboxylic acids is 1. The van der Waals surface area contributed by atoms with Crippen LogP contribution in [0, 0.1) is 30.3 Å². The van der Waals surface area contributed by atoms with Crippen LogP contribution in [0.25, 0.3) is 11.1 Å². The molecule has 6 aromatic carbocycles. The minimum Gasteiger partial charge on any atom is -0.508 e. The molecule has 0 radical (unpaired) electrons. The van der Waals surface area contributed by atoms with Crippen molar-refractivity contribution in [2.45, 2.75) is 78.3 Å². The Morgan fingerprint density at radius 1 is 0.609 bits per heavy atom. The van der Waals surface area contributed by atoms with E-state index >= 15 is 0 Å². The smallest absolute Gasteiger partial charge is 0.335 e. The molecule has 18 nitrogen and oxygen atoms in total. The van der Waals surface area contributed by atoms with E-state index in [1.165, 1.54) is 24.3 Å². The van der Waals surface area contributed by atoms with Crippen molar-refractivity contribution in [3.05, 3.63) is 257 Å². The number of carboxylic acids is 1. The van der Waals surface area contributed by atoms with Crippen LogP contribution in [0.5, 0.6) is 11.5 Å². The zero-order chi connectivity index (χ0) is 64.2. The van der Waals surface area contributed by atoms with Gasteiger partial charge in [-0.25, -0.2) is 4.79 Å². The number of hydrogen-bond acceptors (Lipinski definition) is 14. The highest BCUT2D eigenvalue weighted by Gasteiger charge is 2.43. The van der Waals surface area contributed by atoms with Crippen molar-refractivity contribution in [3.8, 4) is 11.5 Å². The van der Waals surface area contributed by atoms with Crippen molar-refractivity contribution in [2.75, 3.05) is 0 Å². The first-order valence-electron chi connectivity index (χ1n) is 27.0. The number of nitro groups is 3. The summed E-state index contributed by atoms with van der Waals surface area (Å²) in [6.45, 7) is 19.3. The molecular weight excluding hydrogens is 1290 g/mol. The number of aldehydes is 1. The van der Waals surface area contributed by atoms with E-state index < -0.39 is 40.3 Å². The zero-order valence-corrected chi connectivity index (χ0v) is 55.0. The van der Waals surface area contributed by atoms with Gasteiger partial charge in [0, 0.05) is 39.4 Å². The molecule has 2 aliphatic carbocycles. The number of phenols is 2. The maximum Gasteiger partial charge on any atom is 0.335 e. The summed E-state index contributed by atoms with van der Waals surface area (Å²) in [4.78, 5) is 78.8. The van der Waals surface area contributed by atoms with E-state index in [4.69, 9.17) is 9.53 Å². The summed E-state index contributed by atoms with van der Waals surface area (Å²) >= 11 is 6.38. The summed E-state index contributed by atoms with van der Waals surface area (Å²) < 4.78 is 7.44. The quantitative estimate of drug-likeness (QED) is 0.0406. The molecule has 0 bridgehead atoms. The molecule has 4 N–H and O–H groups in total. The molecule has 0 atom stereocenters. The van der Waals surface area contributed by atoms with E-state index in [9.17, 15) is 64.8 Å². The third-order valence-corrected chi connectivity index (χ3v) is 28.5. The topological polar surface area (TPSA) is 288 Å². The maximum atomic E-state index is 12.1. The summed E-state index contributed by atoms with van der Waals surface area (Å²) in [5.41, 5.74) is 6.90. The first-order valence-corrected chi connectivity index (χ1v) is 37.4. The molecule has 6 aromatic rings. The van der Waals surface area contributed by atoms with Crippen LogP contribution in [0.2, 0.25) is 44.3 Å². The first kappa shape index (κ1) is 66.1. The minimum atomic E-state index is -2.34. The van der Waals surface area contributed by atoms with Gasteiger partial charge in [0.15, 0.2) is 19.9 Å². The van der Waals surface area contributed by atoms with Crippen LogP contribution in [-0.4, -0.2) is 83.5 Å². The number of aliphatic hydroxyl groups is 1. The molecule has 0 spiro atoms. The van der Waals surface area contributed by atoms with Crippen molar-refractivity contribution in [1.29, 1.82) is 0 Å². The number of carboxylic acid groups (broad SMARTS) is 1. The second-order valence-corrected chi connectivity index (χ2v) is 38.4. The van der Waals surface area contributed by atoms with E-state index in [1.807, 2.05) is 6.07 Å². The number of allylic oxidation sites excluding steroid dienone is 10. The number of carbonyl (C=O) groups excluding carboxylic acids is 3. The van der Waals surface area contributed by atoms with Crippen LogP contribution in [0.4, 0.5) is 17.1 Å². The first-order chi connectivity index (χ1) is 40.7. The lowest BCUT2D eigenvalue weighted by Crippen LogP contribution is -2.49. The number of aliphatic hydroxyl groups excluding tert-OH is 1. The van der Waals surface area contributed by atoms with Crippen molar-refractivity contribution >= 4 is 119 Å². The van der Waals surface area contributed by atoms with Crippen LogP contribution in [0.3, 0.4) is 0 Å². The van der Waals surface area contributed by atoms with Gasteiger partial charge in [-0.2, -0.15) is 0 Å². The molecule has 448 valence electrons. The number of ketones is 2. The van der Waals surface area contributed by atoms with Gasteiger partial charge in [0.05, 0.1) is 49.1 Å². The fourth-order valence-corrected chi connectivity index (χ4v) is 17.8. The highest BCUT2D eigenvalue weighted by atomic mass is 79.9. The van der Waals surface area contributed by atoms with Crippen LogP contribution in [0.15, 0.2) is 182 Å². The molecule has 0 unspecified atom stereocenters. The number of phenolic OH excluding ortho intramolecular Hbond substituents is 2. The molecule has 2 aliphatic heterocycles. The Bertz CT molecular complexity index is 4060. The Hall–Kier alpha value is -8.43. The lowest BCUT2D eigenvalue weighted by Gasteiger charge is -2.37. The molecule has 0 fully saturated rings. The normalized spacial score (nSPS) is 15.0. The molecule has 0 amide bonds. The molecule has 2 heterocycles. The second kappa shape index (κ2) is 26.3. The Morgan fingerprint density at radius 3 is 1.48 bits per heavy atom. The van der Waals surface area contributed by atoms with Gasteiger partial charge in [0.2, 0.25) is 0 Å². The second-order valence-electron chi connectivity index (χ2n) is 23.2. The standard InChI is InChI=1S/C22H19NO5Si.C22H17NO5Si.C13H20BrNO3Si.C7H5BrO2/c2*1-29(2)20-10-14(25)4-7-17(20)22(18-8-5-15(26)11-21(18)29)16-6-3-13(12-24)9-19(16)23(27)28;1-13(2,3)19(4,5)18-9-10-6-7-11(14)12(8-10)15(16)17;8-6-3-1-5(2-4-6)7(9)10/h3-11,24-25H,12H2,1-2H3;3-12,25H,1-2H3;6-8H,9H2,1-5H3;1-4H,(H,9,10). The zero-order valence-electron chi connectivity index (χ0n) is 48.8. The maximum absolute atomic E-state index is 12.1. The lowest BCUT2D eigenvalue weighted by atomic mass is 9.88. The van der Waals surface area contributed by atoms with Gasteiger partial charge >= 0.3 is 5.97 Å². The van der Waals surface area contributed by atoms with Crippen molar-refractivity contribution in [3.63, 3.8) is 0 Å². The van der Waals surface area contributed by atoms with Gasteiger partial charge in [-0.1, -0.05) is 105 Å². The predicted molar refractivity (Wildman–Crippen MR) is 348 cm³/mol. The van der Waals surface area contributed by atoms with Crippen molar-refractivity contribution in [2.24, 2.45) is 0 Å². The van der Waals surface area contributed by atoms with E-state index in [2.05, 4.69) is 91.9 Å². The Kier molecular flexibility index (Phi) is 20.0. The van der Waals surface area contributed by atoms with Crippen LogP contribution in [-0.2, 0) is 27.2 Å². The van der Waals surface area contributed by atoms with Crippen LogP contribution >= 0.6 is 31.9 Å². The number of carbonyl (C=O) groups is 4. The lowest BCUT2D eigenvalue weighted by molar-refractivity contribution is -0.385. The molecule has 23 heteroatoms. The van der Waals surface area contributed by atoms with Gasteiger partial charge in [-0.15, -0.1) is 0 Å². The molecule has 0 aromatic heterocycles. The van der Waals surface area contributed by atoms with Crippen molar-refractivity contribution < 1.29 is 58.8 Å². The number of rotatable bonds is 11.